The Morgan fingerprint density at radius 1 is 1.40 bits per heavy atom. The molecule has 0 radical (unpaired) electrons. The van der Waals surface area contributed by atoms with Crippen molar-refractivity contribution in [3.8, 4) is 0 Å². The largest absolute Gasteiger partial charge is 0.397 e. The van der Waals surface area contributed by atoms with Gasteiger partial charge in [0.15, 0.2) is 0 Å². The van der Waals surface area contributed by atoms with Crippen LogP contribution < -0.4 is 5.73 Å². The molecule has 1 heterocycles. The minimum atomic E-state index is 0.664. The highest BCUT2D eigenvalue weighted by atomic mass is 15.1. The van der Waals surface area contributed by atoms with Crippen molar-refractivity contribution in [2.75, 3.05) is 5.73 Å². The van der Waals surface area contributed by atoms with E-state index in [1.807, 2.05) is 20.8 Å². The van der Waals surface area contributed by atoms with Crippen LogP contribution in [-0.4, -0.2) is 10.2 Å². The number of nitrogens with zero attached hydrogens (tertiary/aromatic N) is 2. The Hall–Kier alpha value is -1.12. The molecule has 56 valence electrons. The van der Waals surface area contributed by atoms with E-state index < -0.39 is 0 Å². The fourth-order valence-corrected chi connectivity index (χ4v) is 0.494. The second kappa shape index (κ2) is 4.73. The zero-order valence-corrected chi connectivity index (χ0v) is 6.63. The number of hydrogen-bond donors (Lipinski definition) is 1. The first kappa shape index (κ1) is 8.88. The fourth-order valence-electron chi connectivity index (χ4n) is 0.494. The molecule has 3 nitrogen and oxygen atoms in total. The molecule has 2 N–H and O–H groups in total. The summed E-state index contributed by atoms with van der Waals surface area (Å²) in [7, 11) is 0. The second-order valence-corrected chi connectivity index (χ2v) is 1.63. The van der Waals surface area contributed by atoms with E-state index in [0.29, 0.717) is 5.69 Å². The molecule has 0 saturated heterocycles. The van der Waals surface area contributed by atoms with Crippen LogP contribution in [0.2, 0.25) is 0 Å². The van der Waals surface area contributed by atoms with Crippen molar-refractivity contribution >= 4 is 5.69 Å². The van der Waals surface area contributed by atoms with Crippen LogP contribution in [0.3, 0.4) is 0 Å². The van der Waals surface area contributed by atoms with E-state index in [1.54, 1.807) is 6.07 Å². The van der Waals surface area contributed by atoms with Crippen molar-refractivity contribution in [1.29, 1.82) is 0 Å². The fraction of sp³-hybridized carbons (Fsp3) is 0.429. The van der Waals surface area contributed by atoms with Crippen molar-refractivity contribution < 1.29 is 0 Å². The van der Waals surface area contributed by atoms with E-state index in [-0.39, 0.29) is 0 Å². The van der Waals surface area contributed by atoms with Gasteiger partial charge in [0.1, 0.15) is 0 Å². The summed E-state index contributed by atoms with van der Waals surface area (Å²) in [5.41, 5.74) is 6.87. The Kier molecular flexibility index (Phi) is 4.20. The minimum Gasteiger partial charge on any atom is -0.397 e. The smallest absolute Gasteiger partial charge is 0.0726 e. The van der Waals surface area contributed by atoms with Gasteiger partial charge >= 0.3 is 0 Å². The van der Waals surface area contributed by atoms with Crippen molar-refractivity contribution in [2.24, 2.45) is 0 Å². The third kappa shape index (κ3) is 3.02. The van der Waals surface area contributed by atoms with E-state index in [2.05, 4.69) is 10.2 Å². The highest BCUT2D eigenvalue weighted by Gasteiger charge is 1.84. The Bertz CT molecular complexity index is 169. The molecule has 0 unspecified atom stereocenters. The number of hydrogen-bond acceptors (Lipinski definition) is 3. The van der Waals surface area contributed by atoms with Gasteiger partial charge in [0.25, 0.3) is 0 Å². The number of aryl methyl sites for hydroxylation is 1. The Balaban J connectivity index is 0.000000371. The molecule has 0 bridgehead atoms. The SMILES string of the molecule is CC.Cc1cc(N)cnn1. The van der Waals surface area contributed by atoms with Gasteiger partial charge in [-0.3, -0.25) is 0 Å². The van der Waals surface area contributed by atoms with Crippen molar-refractivity contribution in [2.45, 2.75) is 20.8 Å². The van der Waals surface area contributed by atoms with Crippen LogP contribution in [0.5, 0.6) is 0 Å². The standard InChI is InChI=1S/C5H7N3.C2H6/c1-4-2-5(6)3-7-8-4;1-2/h2-3H,1H3,(H2,6,8);1-2H3. The summed E-state index contributed by atoms with van der Waals surface area (Å²) in [4.78, 5) is 0. The van der Waals surface area contributed by atoms with Gasteiger partial charge in [0, 0.05) is 0 Å². The first-order valence-corrected chi connectivity index (χ1v) is 3.34. The molecule has 0 atom stereocenters. The molecule has 1 aromatic heterocycles. The lowest BCUT2D eigenvalue weighted by Crippen LogP contribution is -1.90. The quantitative estimate of drug-likeness (QED) is 0.591. The third-order valence-electron chi connectivity index (χ3n) is 0.798. The van der Waals surface area contributed by atoms with Crippen LogP contribution in [0.25, 0.3) is 0 Å². The molecule has 10 heavy (non-hydrogen) atoms. The molecular weight excluding hydrogens is 126 g/mol. The Morgan fingerprint density at radius 2 is 2.00 bits per heavy atom. The molecule has 1 rings (SSSR count). The summed E-state index contributed by atoms with van der Waals surface area (Å²) in [5.74, 6) is 0. The monoisotopic (exact) mass is 139 g/mol. The number of nitrogen functional groups attached to an aromatic ring is 1. The highest BCUT2D eigenvalue weighted by Crippen LogP contribution is 1.96. The number of rotatable bonds is 0. The van der Waals surface area contributed by atoms with Crippen LogP contribution in [0, 0.1) is 6.92 Å². The topological polar surface area (TPSA) is 51.8 Å². The summed E-state index contributed by atoms with van der Waals surface area (Å²) in [5, 5.41) is 7.32. The first-order chi connectivity index (χ1) is 4.79. The second-order valence-electron chi connectivity index (χ2n) is 1.63. The zero-order chi connectivity index (χ0) is 7.98. The third-order valence-corrected chi connectivity index (χ3v) is 0.798. The maximum Gasteiger partial charge on any atom is 0.0726 e. The number of nitrogens with two attached hydrogens (primary N) is 1. The van der Waals surface area contributed by atoms with E-state index >= 15 is 0 Å². The zero-order valence-electron chi connectivity index (χ0n) is 6.63. The molecule has 0 saturated carbocycles. The van der Waals surface area contributed by atoms with Gasteiger partial charge in [0.05, 0.1) is 17.6 Å². The molecule has 0 aliphatic rings. The van der Waals surface area contributed by atoms with Gasteiger partial charge < -0.3 is 5.73 Å². The van der Waals surface area contributed by atoms with Crippen molar-refractivity contribution in [3.05, 3.63) is 18.0 Å². The minimum absolute atomic E-state index is 0.664. The van der Waals surface area contributed by atoms with Crippen molar-refractivity contribution in [1.82, 2.24) is 10.2 Å². The van der Waals surface area contributed by atoms with Gasteiger partial charge in [-0.1, -0.05) is 13.8 Å². The van der Waals surface area contributed by atoms with E-state index in [1.165, 1.54) is 6.20 Å². The van der Waals surface area contributed by atoms with Gasteiger partial charge in [-0.25, -0.2) is 0 Å². The molecule has 0 amide bonds. The van der Waals surface area contributed by atoms with E-state index in [4.69, 9.17) is 5.73 Å². The molecule has 0 aliphatic heterocycles. The average Bonchev–Trinajstić information content (AvgIpc) is 1.91. The average molecular weight is 139 g/mol. The molecule has 3 heteroatoms. The normalized spacial score (nSPS) is 7.90. The molecule has 0 fully saturated rings. The van der Waals surface area contributed by atoms with Crippen LogP contribution >= 0.6 is 0 Å². The molecule has 0 spiro atoms. The Morgan fingerprint density at radius 3 is 2.30 bits per heavy atom. The van der Waals surface area contributed by atoms with Gasteiger partial charge in [-0.15, -0.1) is 0 Å². The van der Waals surface area contributed by atoms with Gasteiger partial charge in [-0.2, -0.15) is 10.2 Å². The lowest BCUT2D eigenvalue weighted by atomic mass is 10.4. The summed E-state index contributed by atoms with van der Waals surface area (Å²) in [6, 6.07) is 1.77. The molecule has 0 aromatic carbocycles. The van der Waals surface area contributed by atoms with Gasteiger partial charge in [-0.05, 0) is 13.0 Å². The molecular formula is C7H13N3. The summed E-state index contributed by atoms with van der Waals surface area (Å²) in [6.45, 7) is 5.85. The highest BCUT2D eigenvalue weighted by molar-refractivity contribution is 5.33. The van der Waals surface area contributed by atoms with Gasteiger partial charge in [0.2, 0.25) is 0 Å². The predicted octanol–water partition coefficient (Wildman–Crippen LogP) is 1.39. The summed E-state index contributed by atoms with van der Waals surface area (Å²) >= 11 is 0. The maximum atomic E-state index is 5.36. The maximum absolute atomic E-state index is 5.36. The van der Waals surface area contributed by atoms with Crippen LogP contribution in [0.1, 0.15) is 19.5 Å². The molecule has 0 aliphatic carbocycles. The first-order valence-electron chi connectivity index (χ1n) is 3.34. The van der Waals surface area contributed by atoms with E-state index in [9.17, 15) is 0 Å². The predicted molar refractivity (Wildman–Crippen MR) is 42.5 cm³/mol. The lowest BCUT2D eigenvalue weighted by molar-refractivity contribution is 0.984. The van der Waals surface area contributed by atoms with Crippen molar-refractivity contribution in [3.63, 3.8) is 0 Å². The number of anilines is 1. The Labute approximate surface area is 61.3 Å². The van der Waals surface area contributed by atoms with Crippen LogP contribution in [-0.2, 0) is 0 Å². The lowest BCUT2D eigenvalue weighted by Gasteiger charge is -1.88. The summed E-state index contributed by atoms with van der Waals surface area (Å²) < 4.78 is 0. The van der Waals surface area contributed by atoms with Crippen LogP contribution in [0.4, 0.5) is 5.69 Å². The number of aromatic nitrogens is 2. The van der Waals surface area contributed by atoms with Crippen LogP contribution in [0.15, 0.2) is 12.3 Å². The molecule has 1 aromatic rings. The summed E-state index contributed by atoms with van der Waals surface area (Å²) in [6.07, 6.45) is 1.52. The van der Waals surface area contributed by atoms with E-state index in [0.717, 1.165) is 5.69 Å².